The van der Waals surface area contributed by atoms with Crippen molar-refractivity contribution >= 4 is 11.9 Å². The summed E-state index contributed by atoms with van der Waals surface area (Å²) < 4.78 is 5.91. The zero-order valence-electron chi connectivity index (χ0n) is 39.7. The average Bonchev–Trinajstić information content (AvgIpc) is 3.23. The van der Waals surface area contributed by atoms with Crippen molar-refractivity contribution in [2.45, 2.75) is 296 Å². The summed E-state index contributed by atoms with van der Waals surface area (Å²) in [6.07, 6.45) is 53.9. The molecule has 59 heavy (non-hydrogen) atoms. The van der Waals surface area contributed by atoms with Crippen molar-refractivity contribution in [2.24, 2.45) is 0 Å². The minimum Gasteiger partial charge on any atom is -0.462 e. The third-order valence-corrected chi connectivity index (χ3v) is 12.0. The number of allylic oxidation sites excluding steroid dienone is 4. The maximum atomic E-state index is 13.2. The molecule has 0 saturated heterocycles. The van der Waals surface area contributed by atoms with Crippen LogP contribution in [0.3, 0.4) is 0 Å². The van der Waals surface area contributed by atoms with Gasteiger partial charge in [-0.15, -0.1) is 0 Å². The molecule has 3 atom stereocenters. The lowest BCUT2D eigenvalue weighted by atomic mass is 10.0. The molecule has 0 radical (unpaired) electrons. The lowest BCUT2D eigenvalue weighted by Crippen LogP contribution is -2.46. The van der Waals surface area contributed by atoms with E-state index in [0.29, 0.717) is 19.3 Å². The van der Waals surface area contributed by atoms with E-state index in [9.17, 15) is 19.8 Å². The molecule has 6 heteroatoms. The molecule has 0 aromatic rings. The number of unbranched alkanes of at least 4 members (excludes halogenated alkanes) is 31. The summed E-state index contributed by atoms with van der Waals surface area (Å²) in [7, 11) is 0. The number of ether oxygens (including phenoxy) is 1. The maximum Gasteiger partial charge on any atom is 0.306 e. The largest absolute Gasteiger partial charge is 0.462 e. The summed E-state index contributed by atoms with van der Waals surface area (Å²) in [6, 6.07) is -0.706. The third kappa shape index (κ3) is 42.8. The molecule has 0 aromatic heterocycles. The highest BCUT2D eigenvalue weighted by atomic mass is 16.5. The molecule has 0 bridgehead atoms. The van der Waals surface area contributed by atoms with Gasteiger partial charge in [0.15, 0.2) is 0 Å². The Labute approximate surface area is 367 Å². The summed E-state index contributed by atoms with van der Waals surface area (Å²) in [5.74, 6) is -0.503. The van der Waals surface area contributed by atoms with E-state index in [0.717, 1.165) is 64.2 Å². The van der Waals surface area contributed by atoms with Crippen molar-refractivity contribution < 1.29 is 24.5 Å². The first kappa shape index (κ1) is 57.3. The molecule has 0 aromatic carbocycles. The second kappa shape index (κ2) is 47.4. The molecule has 0 rings (SSSR count). The number of hydrogen-bond acceptors (Lipinski definition) is 5. The van der Waals surface area contributed by atoms with E-state index in [-0.39, 0.29) is 24.9 Å². The van der Waals surface area contributed by atoms with E-state index in [1.54, 1.807) is 0 Å². The van der Waals surface area contributed by atoms with Gasteiger partial charge in [0, 0.05) is 6.42 Å². The number of hydrogen-bond donors (Lipinski definition) is 3. The monoisotopic (exact) mass is 832 g/mol. The molecule has 3 unspecified atom stereocenters. The minimum atomic E-state index is -0.791. The second-order valence-electron chi connectivity index (χ2n) is 17.9. The van der Waals surface area contributed by atoms with Crippen molar-refractivity contribution in [1.29, 1.82) is 0 Å². The molecule has 348 valence electrons. The number of amides is 1. The summed E-state index contributed by atoms with van der Waals surface area (Å²) >= 11 is 0. The molecule has 0 spiro atoms. The molecule has 1 amide bonds. The molecule has 6 nitrogen and oxygen atoms in total. The van der Waals surface area contributed by atoms with Crippen molar-refractivity contribution in [3.63, 3.8) is 0 Å². The van der Waals surface area contributed by atoms with Crippen LogP contribution in [-0.2, 0) is 14.3 Å². The molecule has 0 aliphatic heterocycles. The second-order valence-corrected chi connectivity index (χ2v) is 17.9. The van der Waals surface area contributed by atoms with Crippen LogP contribution in [0, 0.1) is 0 Å². The lowest BCUT2D eigenvalue weighted by Gasteiger charge is -2.24. The van der Waals surface area contributed by atoms with Gasteiger partial charge in [0.2, 0.25) is 5.91 Å². The van der Waals surface area contributed by atoms with Crippen molar-refractivity contribution in [1.82, 2.24) is 5.32 Å². The van der Waals surface area contributed by atoms with Gasteiger partial charge in [-0.3, -0.25) is 9.59 Å². The highest BCUT2D eigenvalue weighted by Gasteiger charge is 2.24. The van der Waals surface area contributed by atoms with E-state index < -0.39 is 18.2 Å². The number of aliphatic hydroxyl groups is 2. The van der Waals surface area contributed by atoms with Crippen molar-refractivity contribution in [3.05, 3.63) is 24.3 Å². The number of carbonyl (C=O) groups is 2. The first-order valence-corrected chi connectivity index (χ1v) is 26.1. The van der Waals surface area contributed by atoms with Crippen LogP contribution >= 0.6 is 0 Å². The Morgan fingerprint density at radius 3 is 1.24 bits per heavy atom. The normalized spacial score (nSPS) is 13.4. The Morgan fingerprint density at radius 1 is 0.475 bits per heavy atom. The van der Waals surface area contributed by atoms with Gasteiger partial charge in [-0.25, -0.2) is 0 Å². The van der Waals surface area contributed by atoms with Gasteiger partial charge in [0.25, 0.3) is 0 Å². The molecular weight excluding hydrogens is 731 g/mol. The van der Waals surface area contributed by atoms with Crippen LogP contribution in [-0.4, -0.2) is 46.9 Å². The van der Waals surface area contributed by atoms with Crippen LogP contribution in [0.2, 0.25) is 0 Å². The average molecular weight is 832 g/mol. The Kier molecular flexibility index (Phi) is 46.1. The first-order valence-electron chi connectivity index (χ1n) is 26.1. The number of carbonyl (C=O) groups excluding carboxylic acids is 2. The maximum absolute atomic E-state index is 13.2. The van der Waals surface area contributed by atoms with Gasteiger partial charge in [-0.1, -0.05) is 218 Å². The SMILES string of the molecule is CCCCCCCC/C=C\CCCC(CC(=O)NC(CO)C(O)CCCCCCCCCCCCC)OC(=O)CCCCCCC/C=C/CCCCCCCCCCC. The topological polar surface area (TPSA) is 95.9 Å². The summed E-state index contributed by atoms with van der Waals surface area (Å²) in [5.41, 5.74) is 0. The van der Waals surface area contributed by atoms with Crippen LogP contribution in [0.15, 0.2) is 24.3 Å². The first-order chi connectivity index (χ1) is 29.0. The predicted octanol–water partition coefficient (Wildman–Crippen LogP) is 15.5. The van der Waals surface area contributed by atoms with E-state index >= 15 is 0 Å². The molecular formula is C53H101NO5. The van der Waals surface area contributed by atoms with Crippen LogP contribution in [0.25, 0.3) is 0 Å². The fraction of sp³-hybridized carbons (Fsp3) is 0.887. The Hall–Kier alpha value is -1.66. The van der Waals surface area contributed by atoms with Crippen LogP contribution in [0.4, 0.5) is 0 Å². The molecule has 0 aliphatic carbocycles. The van der Waals surface area contributed by atoms with E-state index in [4.69, 9.17) is 4.74 Å². The van der Waals surface area contributed by atoms with Crippen molar-refractivity contribution in [2.75, 3.05) is 6.61 Å². The zero-order valence-corrected chi connectivity index (χ0v) is 39.7. The number of esters is 1. The van der Waals surface area contributed by atoms with Crippen molar-refractivity contribution in [3.8, 4) is 0 Å². The van der Waals surface area contributed by atoms with Crippen LogP contribution < -0.4 is 5.32 Å². The van der Waals surface area contributed by atoms with E-state index in [1.807, 2.05) is 0 Å². The van der Waals surface area contributed by atoms with Crippen LogP contribution in [0.1, 0.15) is 278 Å². The fourth-order valence-electron chi connectivity index (χ4n) is 8.01. The van der Waals surface area contributed by atoms with Gasteiger partial charge >= 0.3 is 5.97 Å². The Morgan fingerprint density at radius 2 is 0.831 bits per heavy atom. The highest BCUT2D eigenvalue weighted by molar-refractivity contribution is 5.77. The molecule has 0 aliphatic rings. The smallest absolute Gasteiger partial charge is 0.306 e. The van der Waals surface area contributed by atoms with Gasteiger partial charge < -0.3 is 20.3 Å². The molecule has 0 saturated carbocycles. The third-order valence-electron chi connectivity index (χ3n) is 12.0. The van der Waals surface area contributed by atoms with Gasteiger partial charge in [-0.05, 0) is 70.6 Å². The zero-order chi connectivity index (χ0) is 43.1. The van der Waals surface area contributed by atoms with Gasteiger partial charge in [0.05, 0.1) is 25.2 Å². The molecule has 3 N–H and O–H groups in total. The summed E-state index contributed by atoms with van der Waals surface area (Å²) in [4.78, 5) is 26.1. The predicted molar refractivity (Wildman–Crippen MR) is 255 cm³/mol. The lowest BCUT2D eigenvalue weighted by molar-refractivity contribution is -0.151. The van der Waals surface area contributed by atoms with E-state index in [1.165, 1.54) is 167 Å². The summed E-state index contributed by atoms with van der Waals surface area (Å²) in [6.45, 7) is 6.47. The van der Waals surface area contributed by atoms with Crippen LogP contribution in [0.5, 0.6) is 0 Å². The molecule has 0 heterocycles. The van der Waals surface area contributed by atoms with Gasteiger partial charge in [-0.2, -0.15) is 0 Å². The quantitative estimate of drug-likeness (QED) is 0.0322. The fourth-order valence-corrected chi connectivity index (χ4v) is 8.01. The summed E-state index contributed by atoms with van der Waals surface area (Å²) in [5, 5.41) is 23.7. The standard InChI is InChI=1S/C53H101NO5/c1-4-7-10-13-16-19-22-23-24-25-26-27-28-31-34-37-40-43-46-53(58)59-49(44-41-38-35-32-29-20-17-14-11-8-5-2)47-52(57)54-50(48-55)51(56)45-42-39-36-33-30-21-18-15-12-9-6-3/h26-27,32,35,49-51,55-56H,4-25,28-31,33-34,36-48H2,1-3H3,(H,54,57)/b27-26+,35-32-. The minimum absolute atomic E-state index is 0.0571. The highest BCUT2D eigenvalue weighted by Crippen LogP contribution is 2.17. The number of aliphatic hydroxyl groups excluding tert-OH is 2. The van der Waals surface area contributed by atoms with Gasteiger partial charge in [0.1, 0.15) is 6.10 Å². The Balaban J connectivity index is 4.51. The number of rotatable bonds is 47. The molecule has 0 fully saturated rings. The number of nitrogens with one attached hydrogen (secondary N) is 1. The van der Waals surface area contributed by atoms with E-state index in [2.05, 4.69) is 50.4 Å². The Bertz CT molecular complexity index is 935.